The molecule has 2 rings (SSSR count). The van der Waals surface area contributed by atoms with Crippen LogP contribution in [-0.2, 0) is 7.05 Å². The highest BCUT2D eigenvalue weighted by atomic mass is 16.5. The summed E-state index contributed by atoms with van der Waals surface area (Å²) in [7, 11) is 3.46. The van der Waals surface area contributed by atoms with Gasteiger partial charge in [0.2, 0.25) is 5.71 Å². The molecule has 0 amide bonds. The fraction of sp³-hybridized carbons (Fsp3) is 0.286. The number of imidazole rings is 1. The van der Waals surface area contributed by atoms with Crippen molar-refractivity contribution >= 4 is 11.2 Å². The molecule has 4 heteroatoms. The van der Waals surface area contributed by atoms with Crippen LogP contribution < -0.4 is 4.74 Å². The van der Waals surface area contributed by atoms with Crippen LogP contribution in [0.3, 0.4) is 0 Å². The van der Waals surface area contributed by atoms with E-state index in [0.717, 1.165) is 5.52 Å². The molecule has 0 aliphatic heterocycles. The van der Waals surface area contributed by atoms with Crippen LogP contribution in [0.4, 0.5) is 0 Å². The van der Waals surface area contributed by atoms with Crippen molar-refractivity contribution in [3.63, 3.8) is 0 Å². The second-order valence-electron chi connectivity index (χ2n) is 2.27. The Morgan fingerprint density at radius 2 is 2.45 bits per heavy atom. The molecule has 2 aromatic heterocycles. The van der Waals surface area contributed by atoms with Crippen molar-refractivity contribution in [2.75, 3.05) is 7.11 Å². The van der Waals surface area contributed by atoms with Crippen LogP contribution in [0.1, 0.15) is 0 Å². The quantitative estimate of drug-likeness (QED) is 0.615. The van der Waals surface area contributed by atoms with E-state index in [1.165, 1.54) is 0 Å². The lowest BCUT2D eigenvalue weighted by atomic mass is 10.6. The minimum absolute atomic E-state index is 0.569. The Morgan fingerprint density at radius 1 is 1.64 bits per heavy atom. The van der Waals surface area contributed by atoms with Crippen molar-refractivity contribution in [1.82, 2.24) is 9.55 Å². The van der Waals surface area contributed by atoms with Gasteiger partial charge in [0.05, 0.1) is 13.4 Å². The highest BCUT2D eigenvalue weighted by molar-refractivity contribution is 5.70. The summed E-state index contributed by atoms with van der Waals surface area (Å²) in [6, 6.07) is 2.42. The number of ether oxygens (including phenoxy) is 1. The largest absolute Gasteiger partial charge is 0.468 e. The first kappa shape index (κ1) is 6.27. The third kappa shape index (κ3) is 0.721. The third-order valence-corrected chi connectivity index (χ3v) is 1.65. The molecule has 0 atom stereocenters. The Bertz CT molecular complexity index is 375. The molecule has 4 nitrogen and oxygen atoms in total. The molecule has 2 aromatic rings. The van der Waals surface area contributed by atoms with E-state index in [1.54, 1.807) is 13.4 Å². The number of hydrogen-bond acceptors (Lipinski definition) is 3. The highest BCUT2D eigenvalue weighted by Gasteiger charge is 2.08. The van der Waals surface area contributed by atoms with E-state index >= 15 is 0 Å². The van der Waals surface area contributed by atoms with Gasteiger partial charge in [0.25, 0.3) is 6.01 Å². The topological polar surface area (TPSA) is 40.2 Å². The molecule has 0 aliphatic rings. The minimum Gasteiger partial charge on any atom is -0.468 e. The smallest absolute Gasteiger partial charge is 0.299 e. The van der Waals surface area contributed by atoms with Crippen molar-refractivity contribution in [2.45, 2.75) is 0 Å². The first-order valence-electron chi connectivity index (χ1n) is 3.27. The Labute approximate surface area is 63.4 Å². The van der Waals surface area contributed by atoms with Crippen molar-refractivity contribution in [2.24, 2.45) is 7.05 Å². The van der Waals surface area contributed by atoms with Crippen molar-refractivity contribution < 1.29 is 9.15 Å². The fourth-order valence-corrected chi connectivity index (χ4v) is 1.08. The van der Waals surface area contributed by atoms with Gasteiger partial charge in [0, 0.05) is 13.1 Å². The summed E-state index contributed by atoms with van der Waals surface area (Å²) in [5, 5.41) is 0. The van der Waals surface area contributed by atoms with E-state index < -0.39 is 0 Å². The van der Waals surface area contributed by atoms with E-state index in [9.17, 15) is 0 Å². The van der Waals surface area contributed by atoms with Gasteiger partial charge in [-0.2, -0.15) is 4.98 Å². The van der Waals surface area contributed by atoms with Crippen LogP contribution in [0.5, 0.6) is 6.01 Å². The summed E-state index contributed by atoms with van der Waals surface area (Å²) in [4.78, 5) is 4.06. The number of aryl methyl sites for hydroxylation is 1. The Balaban J connectivity index is 2.76. The zero-order valence-corrected chi connectivity index (χ0v) is 6.37. The maximum absolute atomic E-state index is 5.07. The molecular formula is C7H8N2O2. The molecule has 0 spiro atoms. The predicted molar refractivity (Wildman–Crippen MR) is 39.5 cm³/mol. The molecule has 0 saturated heterocycles. The van der Waals surface area contributed by atoms with E-state index in [1.807, 2.05) is 17.7 Å². The maximum Gasteiger partial charge on any atom is 0.299 e. The summed E-state index contributed by atoms with van der Waals surface area (Å²) in [6.45, 7) is 0. The van der Waals surface area contributed by atoms with Gasteiger partial charge in [-0.05, 0) is 0 Å². The average molecular weight is 152 g/mol. The molecule has 0 aromatic carbocycles. The molecule has 0 fully saturated rings. The lowest BCUT2D eigenvalue weighted by Gasteiger charge is -1.96. The van der Waals surface area contributed by atoms with Gasteiger partial charge in [-0.15, -0.1) is 0 Å². The van der Waals surface area contributed by atoms with E-state index in [2.05, 4.69) is 4.98 Å². The Kier molecular flexibility index (Phi) is 1.15. The van der Waals surface area contributed by atoms with Gasteiger partial charge < -0.3 is 9.15 Å². The average Bonchev–Trinajstić information content (AvgIpc) is 2.53. The standard InChI is InChI=1S/C7H8N2O2/c1-9-5-3-4-11-6(5)8-7(9)10-2/h3-4H,1-2H3. The second-order valence-corrected chi connectivity index (χ2v) is 2.27. The molecule has 0 radical (unpaired) electrons. The van der Waals surface area contributed by atoms with Crippen LogP contribution in [0.2, 0.25) is 0 Å². The van der Waals surface area contributed by atoms with E-state index in [0.29, 0.717) is 11.7 Å². The van der Waals surface area contributed by atoms with Gasteiger partial charge in [-0.25, -0.2) is 0 Å². The SMILES string of the molecule is COc1nc2occc2n1C. The first-order chi connectivity index (χ1) is 5.33. The van der Waals surface area contributed by atoms with Gasteiger partial charge >= 0.3 is 0 Å². The lowest BCUT2D eigenvalue weighted by molar-refractivity contribution is 0.367. The number of nitrogens with zero attached hydrogens (tertiary/aromatic N) is 2. The molecule has 0 unspecified atom stereocenters. The molecule has 0 saturated carbocycles. The van der Waals surface area contributed by atoms with E-state index in [4.69, 9.17) is 9.15 Å². The van der Waals surface area contributed by atoms with Gasteiger partial charge in [0.15, 0.2) is 0 Å². The summed E-state index contributed by atoms with van der Waals surface area (Å²) < 4.78 is 11.9. The monoisotopic (exact) mass is 152 g/mol. The maximum atomic E-state index is 5.07. The number of methoxy groups -OCH3 is 1. The third-order valence-electron chi connectivity index (χ3n) is 1.65. The van der Waals surface area contributed by atoms with Crippen LogP contribution in [0, 0.1) is 0 Å². The van der Waals surface area contributed by atoms with Crippen molar-refractivity contribution in [3.05, 3.63) is 12.3 Å². The Hall–Kier alpha value is -1.45. The Morgan fingerprint density at radius 3 is 3.09 bits per heavy atom. The number of furan rings is 1. The number of rotatable bonds is 1. The van der Waals surface area contributed by atoms with E-state index in [-0.39, 0.29) is 0 Å². The summed E-state index contributed by atoms with van der Waals surface area (Å²) in [6.07, 6.45) is 1.61. The van der Waals surface area contributed by atoms with Crippen LogP contribution in [0.25, 0.3) is 11.2 Å². The van der Waals surface area contributed by atoms with Crippen LogP contribution in [0.15, 0.2) is 16.7 Å². The van der Waals surface area contributed by atoms with Crippen molar-refractivity contribution in [3.8, 4) is 6.01 Å². The molecule has 2 heterocycles. The van der Waals surface area contributed by atoms with Crippen LogP contribution in [-0.4, -0.2) is 16.7 Å². The molecule has 11 heavy (non-hydrogen) atoms. The van der Waals surface area contributed by atoms with Crippen molar-refractivity contribution in [1.29, 1.82) is 0 Å². The zero-order valence-electron chi connectivity index (χ0n) is 6.37. The summed E-state index contributed by atoms with van der Waals surface area (Å²) >= 11 is 0. The molecule has 0 aliphatic carbocycles. The first-order valence-corrected chi connectivity index (χ1v) is 3.27. The molecule has 0 N–H and O–H groups in total. The number of fused-ring (bicyclic) bond motifs is 1. The summed E-state index contributed by atoms with van der Waals surface area (Å²) in [5.74, 6) is 0. The van der Waals surface area contributed by atoms with Gasteiger partial charge in [0.1, 0.15) is 5.52 Å². The van der Waals surface area contributed by atoms with Gasteiger partial charge in [-0.1, -0.05) is 0 Å². The lowest BCUT2D eigenvalue weighted by Crippen LogP contribution is -1.93. The summed E-state index contributed by atoms with van der Waals surface area (Å²) in [5.41, 5.74) is 1.56. The molecular weight excluding hydrogens is 144 g/mol. The highest BCUT2D eigenvalue weighted by Crippen LogP contribution is 2.19. The normalized spacial score (nSPS) is 10.7. The van der Waals surface area contributed by atoms with Gasteiger partial charge in [-0.3, -0.25) is 4.57 Å². The second kappa shape index (κ2) is 2.02. The minimum atomic E-state index is 0.569. The molecule has 58 valence electrons. The molecule has 0 bridgehead atoms. The number of hydrogen-bond donors (Lipinski definition) is 0. The zero-order chi connectivity index (χ0) is 7.84. The predicted octanol–water partition coefficient (Wildman–Crippen LogP) is 1.17. The number of aromatic nitrogens is 2. The fourth-order valence-electron chi connectivity index (χ4n) is 1.08. The van der Waals surface area contributed by atoms with Crippen LogP contribution >= 0.6 is 0 Å².